The largest absolute Gasteiger partial charge is 0.311 e. The van der Waals surface area contributed by atoms with Crippen LogP contribution >= 0.6 is 0 Å². The summed E-state index contributed by atoms with van der Waals surface area (Å²) < 4.78 is 0. The maximum absolute atomic E-state index is 2.49. The van der Waals surface area contributed by atoms with E-state index in [0.29, 0.717) is 11.8 Å². The molecule has 0 atom stereocenters. The highest BCUT2D eigenvalue weighted by Gasteiger charge is 2.36. The summed E-state index contributed by atoms with van der Waals surface area (Å²) in [6.07, 6.45) is 32.5. The van der Waals surface area contributed by atoms with E-state index in [9.17, 15) is 0 Å². The van der Waals surface area contributed by atoms with Gasteiger partial charge in [0.15, 0.2) is 0 Å². The van der Waals surface area contributed by atoms with Crippen LogP contribution in [0.4, 0.5) is 34.1 Å². The van der Waals surface area contributed by atoms with Gasteiger partial charge in [0.25, 0.3) is 0 Å². The molecule has 6 aromatic carbocycles. The van der Waals surface area contributed by atoms with Crippen LogP contribution in [0, 0.1) is 0 Å². The first-order chi connectivity index (χ1) is 33.6. The van der Waals surface area contributed by atoms with Crippen molar-refractivity contribution in [1.29, 1.82) is 0 Å². The average molecular weight is 903 g/mol. The van der Waals surface area contributed by atoms with Gasteiger partial charge in [0, 0.05) is 39.5 Å². The molecule has 6 aromatic rings. The zero-order valence-corrected chi connectivity index (χ0v) is 42.1. The van der Waals surface area contributed by atoms with Gasteiger partial charge in [0.05, 0.1) is 0 Å². The Kier molecular flexibility index (Phi) is 16.9. The maximum atomic E-state index is 2.49. The van der Waals surface area contributed by atoms with E-state index < -0.39 is 0 Å². The van der Waals surface area contributed by atoms with E-state index in [0.717, 1.165) is 12.8 Å². The van der Waals surface area contributed by atoms with Crippen molar-refractivity contribution in [2.45, 2.75) is 192 Å². The van der Waals surface area contributed by atoms with Gasteiger partial charge in [-0.05, 0) is 182 Å². The Balaban J connectivity index is 1.01. The quantitative estimate of drug-likeness (QED) is 0.0705. The SMILES string of the molecule is CCCCCCc1ccc(N(c2ccc(C3CCCCC3)cc2)c2ccc(C3(c4ccc(N(c5ccc(CCCCCC)cc5)c5ccc(C6CCCCC6)cc5)cc4)CCCCC3)cc2)cc1. The van der Waals surface area contributed by atoms with Crippen LogP contribution in [0.2, 0.25) is 0 Å². The molecule has 2 nitrogen and oxygen atoms in total. The van der Waals surface area contributed by atoms with Crippen molar-refractivity contribution in [3.05, 3.63) is 179 Å². The third-order valence-corrected chi connectivity index (χ3v) is 16.5. The second-order valence-electron chi connectivity index (χ2n) is 21.2. The van der Waals surface area contributed by atoms with Gasteiger partial charge in [-0.25, -0.2) is 0 Å². The van der Waals surface area contributed by atoms with Gasteiger partial charge in [-0.2, -0.15) is 0 Å². The van der Waals surface area contributed by atoms with E-state index in [1.807, 2.05) is 0 Å². The molecule has 0 aromatic heterocycles. The standard InChI is InChI=1S/C66H82N2/c1-3-5-7-12-20-52-26-38-60(39-27-52)67(62-42-30-56(31-43-62)54-22-14-9-15-23-54)64-46-34-58(35-47-64)66(50-18-11-19-51-66)59-36-48-65(49-37-59)68(61-40-28-53(29-41-61)21-13-8-6-4-2)63-44-32-57(33-45-63)55-24-16-10-17-25-55/h26-49,54-55H,3-25,50-51H2,1-2H3. The third-order valence-electron chi connectivity index (χ3n) is 16.5. The molecule has 3 aliphatic rings. The van der Waals surface area contributed by atoms with Crippen LogP contribution in [0.15, 0.2) is 146 Å². The van der Waals surface area contributed by atoms with Crippen molar-refractivity contribution in [2.24, 2.45) is 0 Å². The van der Waals surface area contributed by atoms with Gasteiger partial charge in [-0.1, -0.05) is 183 Å². The van der Waals surface area contributed by atoms with Crippen molar-refractivity contribution in [3.63, 3.8) is 0 Å². The third kappa shape index (κ3) is 11.7. The Bertz CT molecular complexity index is 2210. The van der Waals surface area contributed by atoms with E-state index in [1.165, 1.54) is 215 Å². The number of hydrogen-bond acceptors (Lipinski definition) is 2. The monoisotopic (exact) mass is 903 g/mol. The number of unbranched alkanes of at least 4 members (excludes halogenated alkanes) is 6. The Labute approximate surface area is 412 Å². The zero-order chi connectivity index (χ0) is 46.4. The average Bonchev–Trinajstić information content (AvgIpc) is 3.41. The van der Waals surface area contributed by atoms with Gasteiger partial charge in [-0.3, -0.25) is 0 Å². The Morgan fingerprint density at radius 2 is 0.647 bits per heavy atom. The molecule has 0 N–H and O–H groups in total. The summed E-state index contributed by atoms with van der Waals surface area (Å²) in [6, 6.07) is 57.8. The van der Waals surface area contributed by atoms with E-state index in [4.69, 9.17) is 0 Å². The lowest BCUT2D eigenvalue weighted by molar-refractivity contribution is 0.346. The van der Waals surface area contributed by atoms with E-state index in [1.54, 1.807) is 0 Å². The molecule has 9 rings (SSSR count). The molecule has 3 aliphatic carbocycles. The fourth-order valence-electron chi connectivity index (χ4n) is 12.5. The Morgan fingerprint density at radius 1 is 0.338 bits per heavy atom. The Hall–Kier alpha value is -5.08. The molecule has 0 heterocycles. The molecular weight excluding hydrogens is 821 g/mol. The van der Waals surface area contributed by atoms with Gasteiger partial charge < -0.3 is 9.80 Å². The van der Waals surface area contributed by atoms with E-state index in [-0.39, 0.29) is 5.41 Å². The molecule has 0 unspecified atom stereocenters. The zero-order valence-electron chi connectivity index (χ0n) is 42.1. The minimum absolute atomic E-state index is 0.00684. The van der Waals surface area contributed by atoms with Gasteiger partial charge in [-0.15, -0.1) is 0 Å². The van der Waals surface area contributed by atoms with Crippen LogP contribution in [0.3, 0.4) is 0 Å². The number of hydrogen-bond donors (Lipinski definition) is 0. The van der Waals surface area contributed by atoms with Gasteiger partial charge >= 0.3 is 0 Å². The van der Waals surface area contributed by atoms with Crippen LogP contribution in [-0.4, -0.2) is 0 Å². The molecule has 68 heavy (non-hydrogen) atoms. The van der Waals surface area contributed by atoms with Crippen LogP contribution in [0.25, 0.3) is 0 Å². The molecule has 3 saturated carbocycles. The minimum atomic E-state index is -0.00684. The van der Waals surface area contributed by atoms with E-state index >= 15 is 0 Å². The molecule has 0 aliphatic heterocycles. The van der Waals surface area contributed by atoms with Crippen molar-refractivity contribution < 1.29 is 0 Å². The topological polar surface area (TPSA) is 6.48 Å². The second-order valence-corrected chi connectivity index (χ2v) is 21.2. The van der Waals surface area contributed by atoms with Crippen LogP contribution in [-0.2, 0) is 18.3 Å². The van der Waals surface area contributed by atoms with Gasteiger partial charge in [0.2, 0.25) is 0 Å². The summed E-state index contributed by atoms with van der Waals surface area (Å²) in [6.45, 7) is 4.59. The van der Waals surface area contributed by atoms with Crippen LogP contribution < -0.4 is 9.80 Å². The predicted octanol–water partition coefficient (Wildman–Crippen LogP) is 20.2. The number of nitrogens with zero attached hydrogens (tertiary/aromatic N) is 2. The fraction of sp³-hybridized carbons (Fsp3) is 0.455. The summed E-state index contributed by atoms with van der Waals surface area (Å²) in [7, 11) is 0. The molecule has 0 spiro atoms. The summed E-state index contributed by atoms with van der Waals surface area (Å²) in [5, 5.41) is 0. The smallest absolute Gasteiger partial charge is 0.0461 e. The van der Waals surface area contributed by atoms with Crippen molar-refractivity contribution >= 4 is 34.1 Å². The van der Waals surface area contributed by atoms with E-state index in [2.05, 4.69) is 169 Å². The normalized spacial score (nSPS) is 16.7. The number of rotatable bonds is 20. The molecule has 0 radical (unpaired) electrons. The lowest BCUT2D eigenvalue weighted by Crippen LogP contribution is -2.30. The molecule has 2 heteroatoms. The highest BCUT2D eigenvalue weighted by molar-refractivity contribution is 5.78. The number of aryl methyl sites for hydroxylation is 2. The lowest BCUT2D eigenvalue weighted by Gasteiger charge is -2.39. The fourth-order valence-corrected chi connectivity index (χ4v) is 12.5. The van der Waals surface area contributed by atoms with Crippen LogP contribution in [0.1, 0.15) is 207 Å². The highest BCUT2D eigenvalue weighted by atomic mass is 15.1. The predicted molar refractivity (Wildman–Crippen MR) is 293 cm³/mol. The molecule has 3 fully saturated rings. The summed E-state index contributed by atoms with van der Waals surface area (Å²) in [5.41, 5.74) is 16.2. The molecule has 0 saturated heterocycles. The first-order valence-corrected chi connectivity index (χ1v) is 27.8. The summed E-state index contributed by atoms with van der Waals surface area (Å²) >= 11 is 0. The minimum Gasteiger partial charge on any atom is -0.311 e. The van der Waals surface area contributed by atoms with Crippen molar-refractivity contribution in [1.82, 2.24) is 0 Å². The second kappa shape index (κ2) is 24.0. The summed E-state index contributed by atoms with van der Waals surface area (Å²) in [4.78, 5) is 4.99. The highest BCUT2D eigenvalue weighted by Crippen LogP contribution is 2.48. The first-order valence-electron chi connectivity index (χ1n) is 27.8. The maximum Gasteiger partial charge on any atom is 0.0461 e. The molecule has 356 valence electrons. The lowest BCUT2D eigenvalue weighted by atomic mass is 9.65. The number of anilines is 6. The number of benzene rings is 6. The van der Waals surface area contributed by atoms with Crippen LogP contribution in [0.5, 0.6) is 0 Å². The molecule has 0 bridgehead atoms. The Morgan fingerprint density at radius 3 is 0.985 bits per heavy atom. The van der Waals surface area contributed by atoms with Crippen molar-refractivity contribution in [2.75, 3.05) is 9.80 Å². The summed E-state index contributed by atoms with van der Waals surface area (Å²) in [5.74, 6) is 1.41. The first kappa shape index (κ1) is 48.0. The molecule has 0 amide bonds. The van der Waals surface area contributed by atoms with Crippen molar-refractivity contribution in [3.8, 4) is 0 Å². The molecular formula is C66H82N2. The van der Waals surface area contributed by atoms with Gasteiger partial charge in [0.1, 0.15) is 0 Å².